The number of nitrogens with one attached hydrogen (secondary N) is 1. The Morgan fingerprint density at radius 1 is 1.65 bits per heavy atom. The molecule has 1 aromatic heterocycles. The number of fused-ring (bicyclic) bond motifs is 1. The van der Waals surface area contributed by atoms with E-state index in [1.165, 1.54) is 10.4 Å². The molecule has 17 heavy (non-hydrogen) atoms. The molecule has 0 unspecified atom stereocenters. The van der Waals surface area contributed by atoms with E-state index in [0.717, 1.165) is 32.4 Å². The van der Waals surface area contributed by atoms with Crippen molar-refractivity contribution < 1.29 is 4.79 Å². The quantitative estimate of drug-likeness (QED) is 0.823. The van der Waals surface area contributed by atoms with E-state index in [1.54, 1.807) is 11.3 Å². The Bertz CT molecular complexity index is 389. The second-order valence-electron chi connectivity index (χ2n) is 4.50. The van der Waals surface area contributed by atoms with E-state index < -0.39 is 0 Å². The summed E-state index contributed by atoms with van der Waals surface area (Å²) in [5.74, 6) is 0. The number of nitrogens with zero attached hydrogens (tertiary/aromatic N) is 1. The molecule has 2 heterocycles. The van der Waals surface area contributed by atoms with Gasteiger partial charge in [-0.05, 0) is 36.8 Å². The first-order chi connectivity index (χ1) is 8.24. The van der Waals surface area contributed by atoms with Crippen LogP contribution in [-0.2, 0) is 6.42 Å². The SMILES string of the molecule is CCCCNC(=O)N1CCc2sccc2[C@H]1C. The molecule has 2 rings (SSSR count). The van der Waals surface area contributed by atoms with Gasteiger partial charge in [0.15, 0.2) is 0 Å². The van der Waals surface area contributed by atoms with Crippen LogP contribution in [0, 0.1) is 0 Å². The summed E-state index contributed by atoms with van der Waals surface area (Å²) < 4.78 is 0. The molecule has 2 amide bonds. The summed E-state index contributed by atoms with van der Waals surface area (Å²) >= 11 is 1.81. The van der Waals surface area contributed by atoms with Crippen molar-refractivity contribution in [2.24, 2.45) is 0 Å². The van der Waals surface area contributed by atoms with Crippen LogP contribution < -0.4 is 5.32 Å². The lowest BCUT2D eigenvalue weighted by atomic mass is 10.0. The molecule has 1 aromatic rings. The lowest BCUT2D eigenvalue weighted by Gasteiger charge is -2.33. The number of hydrogen-bond donors (Lipinski definition) is 1. The van der Waals surface area contributed by atoms with E-state index in [0.29, 0.717) is 0 Å². The van der Waals surface area contributed by atoms with Crippen molar-refractivity contribution >= 4 is 17.4 Å². The minimum atomic E-state index is 0.0859. The van der Waals surface area contributed by atoms with Gasteiger partial charge in [-0.1, -0.05) is 13.3 Å². The molecule has 0 spiro atoms. The van der Waals surface area contributed by atoms with Gasteiger partial charge in [-0.25, -0.2) is 4.79 Å². The van der Waals surface area contributed by atoms with Gasteiger partial charge >= 0.3 is 6.03 Å². The van der Waals surface area contributed by atoms with Crippen molar-refractivity contribution in [3.05, 3.63) is 21.9 Å². The molecular formula is C13H20N2OS. The number of urea groups is 1. The molecule has 1 aliphatic rings. The number of carbonyl (C=O) groups excluding carboxylic acids is 1. The second-order valence-corrected chi connectivity index (χ2v) is 5.50. The largest absolute Gasteiger partial charge is 0.338 e. The van der Waals surface area contributed by atoms with E-state index in [9.17, 15) is 4.79 Å². The lowest BCUT2D eigenvalue weighted by molar-refractivity contribution is 0.175. The minimum Gasteiger partial charge on any atom is -0.338 e. The molecule has 4 heteroatoms. The van der Waals surface area contributed by atoms with Crippen LogP contribution >= 0.6 is 11.3 Å². The van der Waals surface area contributed by atoms with Crippen LogP contribution in [0.15, 0.2) is 11.4 Å². The van der Waals surface area contributed by atoms with Crippen LogP contribution in [0.1, 0.15) is 43.2 Å². The van der Waals surface area contributed by atoms with E-state index in [4.69, 9.17) is 0 Å². The third-order valence-electron chi connectivity index (χ3n) is 3.34. The summed E-state index contributed by atoms with van der Waals surface area (Å²) in [5, 5.41) is 5.12. The van der Waals surface area contributed by atoms with E-state index in [2.05, 4.69) is 30.6 Å². The number of amides is 2. The molecule has 1 aliphatic heterocycles. The highest BCUT2D eigenvalue weighted by Crippen LogP contribution is 2.32. The molecule has 0 bridgehead atoms. The Balaban J connectivity index is 1.97. The van der Waals surface area contributed by atoms with Gasteiger partial charge in [0.2, 0.25) is 0 Å². The van der Waals surface area contributed by atoms with Crippen LogP contribution in [0.2, 0.25) is 0 Å². The Labute approximate surface area is 107 Å². The topological polar surface area (TPSA) is 32.3 Å². The number of thiophene rings is 1. The monoisotopic (exact) mass is 252 g/mol. The molecular weight excluding hydrogens is 232 g/mol. The van der Waals surface area contributed by atoms with Crippen LogP contribution in [-0.4, -0.2) is 24.0 Å². The molecule has 0 radical (unpaired) electrons. The maximum absolute atomic E-state index is 12.0. The van der Waals surface area contributed by atoms with E-state index in [-0.39, 0.29) is 12.1 Å². The fraction of sp³-hybridized carbons (Fsp3) is 0.615. The van der Waals surface area contributed by atoms with Crippen molar-refractivity contribution in [2.75, 3.05) is 13.1 Å². The zero-order chi connectivity index (χ0) is 12.3. The number of carbonyl (C=O) groups is 1. The second kappa shape index (κ2) is 5.54. The Kier molecular flexibility index (Phi) is 4.05. The lowest BCUT2D eigenvalue weighted by Crippen LogP contribution is -2.44. The fourth-order valence-corrected chi connectivity index (χ4v) is 3.22. The van der Waals surface area contributed by atoms with Gasteiger partial charge in [0.25, 0.3) is 0 Å². The van der Waals surface area contributed by atoms with Gasteiger partial charge in [-0.3, -0.25) is 0 Å². The van der Waals surface area contributed by atoms with Gasteiger partial charge in [0, 0.05) is 18.0 Å². The smallest absolute Gasteiger partial charge is 0.317 e. The van der Waals surface area contributed by atoms with Gasteiger partial charge in [-0.15, -0.1) is 11.3 Å². The molecule has 0 saturated heterocycles. The number of hydrogen-bond acceptors (Lipinski definition) is 2. The molecule has 1 N–H and O–H groups in total. The predicted octanol–water partition coefficient (Wildman–Crippen LogP) is 3.18. The third-order valence-corrected chi connectivity index (χ3v) is 4.34. The highest BCUT2D eigenvalue weighted by atomic mass is 32.1. The average Bonchev–Trinajstić information content (AvgIpc) is 2.78. The number of unbranched alkanes of at least 4 members (excludes halogenated alkanes) is 1. The molecule has 0 aromatic carbocycles. The van der Waals surface area contributed by atoms with Gasteiger partial charge in [-0.2, -0.15) is 0 Å². The van der Waals surface area contributed by atoms with Gasteiger partial charge in [0.1, 0.15) is 0 Å². The number of rotatable bonds is 3. The van der Waals surface area contributed by atoms with Gasteiger partial charge < -0.3 is 10.2 Å². The summed E-state index contributed by atoms with van der Waals surface area (Å²) in [6.07, 6.45) is 3.17. The van der Waals surface area contributed by atoms with Gasteiger partial charge in [0.05, 0.1) is 6.04 Å². The van der Waals surface area contributed by atoms with Crippen LogP contribution in [0.4, 0.5) is 4.79 Å². The highest BCUT2D eigenvalue weighted by Gasteiger charge is 2.27. The van der Waals surface area contributed by atoms with Crippen molar-refractivity contribution in [3.8, 4) is 0 Å². The minimum absolute atomic E-state index is 0.0859. The van der Waals surface area contributed by atoms with Crippen LogP contribution in [0.3, 0.4) is 0 Å². The standard InChI is InChI=1S/C13H20N2OS/c1-3-4-7-14-13(16)15-8-5-12-11(10(15)2)6-9-17-12/h6,9-10H,3-5,7-8H2,1-2H3,(H,14,16)/t10-/m1/s1. The summed E-state index contributed by atoms with van der Waals surface area (Å²) in [6, 6.07) is 2.45. The summed E-state index contributed by atoms with van der Waals surface area (Å²) in [4.78, 5) is 15.4. The average molecular weight is 252 g/mol. The summed E-state index contributed by atoms with van der Waals surface area (Å²) in [5.41, 5.74) is 1.33. The molecule has 0 fully saturated rings. The molecule has 94 valence electrons. The fourth-order valence-electron chi connectivity index (χ4n) is 2.26. The highest BCUT2D eigenvalue weighted by molar-refractivity contribution is 7.10. The predicted molar refractivity (Wildman–Crippen MR) is 71.5 cm³/mol. The third kappa shape index (κ3) is 2.63. The molecule has 0 aliphatic carbocycles. The van der Waals surface area contributed by atoms with E-state index in [1.807, 2.05) is 4.90 Å². The molecule has 3 nitrogen and oxygen atoms in total. The van der Waals surface area contributed by atoms with Crippen LogP contribution in [0.25, 0.3) is 0 Å². The molecule has 0 saturated carbocycles. The summed E-state index contributed by atoms with van der Waals surface area (Å²) in [6.45, 7) is 5.87. The van der Waals surface area contributed by atoms with E-state index >= 15 is 0 Å². The summed E-state index contributed by atoms with van der Waals surface area (Å²) in [7, 11) is 0. The first kappa shape index (κ1) is 12.4. The van der Waals surface area contributed by atoms with Crippen LogP contribution in [0.5, 0.6) is 0 Å². The van der Waals surface area contributed by atoms with Crippen molar-refractivity contribution in [1.29, 1.82) is 0 Å². The maximum atomic E-state index is 12.0. The first-order valence-corrected chi connectivity index (χ1v) is 7.22. The Morgan fingerprint density at radius 2 is 2.47 bits per heavy atom. The Hall–Kier alpha value is -1.03. The van der Waals surface area contributed by atoms with Crippen molar-refractivity contribution in [1.82, 2.24) is 10.2 Å². The Morgan fingerprint density at radius 3 is 3.24 bits per heavy atom. The zero-order valence-electron chi connectivity index (χ0n) is 10.5. The first-order valence-electron chi connectivity index (χ1n) is 6.34. The zero-order valence-corrected chi connectivity index (χ0v) is 11.3. The molecule has 1 atom stereocenters. The normalized spacial score (nSPS) is 18.9. The van der Waals surface area contributed by atoms with Crippen molar-refractivity contribution in [2.45, 2.75) is 39.2 Å². The maximum Gasteiger partial charge on any atom is 0.317 e. The van der Waals surface area contributed by atoms with Crippen molar-refractivity contribution in [3.63, 3.8) is 0 Å².